The second kappa shape index (κ2) is 7.47. The lowest BCUT2D eigenvalue weighted by molar-refractivity contribution is -0.135. The van der Waals surface area contributed by atoms with Crippen LogP contribution in [0.5, 0.6) is 5.75 Å². The Bertz CT molecular complexity index is 1000. The van der Waals surface area contributed by atoms with Crippen molar-refractivity contribution in [1.29, 1.82) is 0 Å². The number of benzene rings is 2. The first kappa shape index (κ1) is 17.7. The van der Waals surface area contributed by atoms with Crippen LogP contribution in [0.4, 0.5) is 0 Å². The van der Waals surface area contributed by atoms with Gasteiger partial charge < -0.3 is 9.47 Å². The van der Waals surface area contributed by atoms with Crippen molar-refractivity contribution in [3.05, 3.63) is 60.2 Å². The molecule has 1 aliphatic rings. The lowest BCUT2D eigenvalue weighted by Crippen LogP contribution is -2.25. The van der Waals surface area contributed by atoms with E-state index in [0.29, 0.717) is 11.7 Å². The van der Waals surface area contributed by atoms with Gasteiger partial charge in [-0.25, -0.2) is 4.68 Å². The average molecular weight is 378 g/mol. The molecule has 142 valence electrons. The van der Waals surface area contributed by atoms with Gasteiger partial charge in [0, 0.05) is 18.1 Å². The molecule has 1 atom stereocenters. The minimum absolute atomic E-state index is 0.202. The van der Waals surface area contributed by atoms with Crippen molar-refractivity contribution in [2.75, 3.05) is 7.11 Å². The highest BCUT2D eigenvalue weighted by Crippen LogP contribution is 2.30. The summed E-state index contributed by atoms with van der Waals surface area (Å²) in [5.41, 5.74) is 1.66. The number of carbonyl (C=O) groups excluding carboxylic acids is 1. The Morgan fingerprint density at radius 2 is 1.89 bits per heavy atom. The summed E-state index contributed by atoms with van der Waals surface area (Å²) in [5.74, 6) is 1.43. The van der Waals surface area contributed by atoms with E-state index in [1.165, 1.54) is 11.9 Å². The molecule has 0 bridgehead atoms. The molecule has 0 saturated carbocycles. The minimum atomic E-state index is -0.643. The highest BCUT2D eigenvalue weighted by atomic mass is 16.5. The molecule has 0 radical (unpaired) electrons. The fourth-order valence-electron chi connectivity index (χ4n) is 2.89. The molecule has 0 N–H and O–H groups in total. The highest BCUT2D eigenvalue weighted by molar-refractivity contribution is 5.82. The average Bonchev–Trinajstić information content (AvgIpc) is 3.36. The van der Waals surface area contributed by atoms with Gasteiger partial charge in [-0.1, -0.05) is 30.3 Å². The molecule has 9 heteroatoms. The lowest BCUT2D eigenvalue weighted by Gasteiger charge is -2.19. The van der Waals surface area contributed by atoms with E-state index in [0.717, 1.165) is 16.9 Å². The van der Waals surface area contributed by atoms with E-state index >= 15 is 0 Å². The van der Waals surface area contributed by atoms with Gasteiger partial charge in [0.2, 0.25) is 18.0 Å². The van der Waals surface area contributed by atoms with Crippen molar-refractivity contribution in [1.82, 2.24) is 25.2 Å². The highest BCUT2D eigenvalue weighted by Gasteiger charge is 2.33. The molecule has 0 saturated heterocycles. The third kappa shape index (κ3) is 3.41. The molecule has 0 aliphatic carbocycles. The summed E-state index contributed by atoms with van der Waals surface area (Å²) in [6.07, 6.45) is -0.643. The fourth-order valence-corrected chi connectivity index (χ4v) is 2.89. The monoisotopic (exact) mass is 378 g/mol. The predicted molar refractivity (Wildman–Crippen MR) is 100 cm³/mol. The Morgan fingerprint density at radius 1 is 1.14 bits per heavy atom. The number of carbonyl (C=O) groups is 1. The number of hydrogen-bond acceptors (Lipinski definition) is 7. The molecular weight excluding hydrogens is 360 g/mol. The molecule has 28 heavy (non-hydrogen) atoms. The summed E-state index contributed by atoms with van der Waals surface area (Å²) in [6, 6.07) is 16.9. The van der Waals surface area contributed by atoms with E-state index in [-0.39, 0.29) is 12.5 Å². The van der Waals surface area contributed by atoms with E-state index < -0.39 is 6.23 Å². The van der Waals surface area contributed by atoms with Crippen LogP contribution in [0.1, 0.15) is 18.7 Å². The first-order valence-corrected chi connectivity index (χ1v) is 8.65. The number of amides is 1. The molecule has 0 spiro atoms. The van der Waals surface area contributed by atoms with E-state index in [2.05, 4.69) is 20.6 Å². The van der Waals surface area contributed by atoms with Gasteiger partial charge in [-0.3, -0.25) is 4.79 Å². The maximum atomic E-state index is 12.1. The molecule has 4 rings (SSSR count). The number of ether oxygens (including phenoxy) is 2. The number of hydrazone groups is 1. The summed E-state index contributed by atoms with van der Waals surface area (Å²) >= 11 is 0. The second-order valence-corrected chi connectivity index (χ2v) is 6.13. The third-order valence-electron chi connectivity index (χ3n) is 4.26. The van der Waals surface area contributed by atoms with E-state index in [1.807, 2.05) is 54.6 Å². The fraction of sp³-hybridized carbons (Fsp3) is 0.211. The van der Waals surface area contributed by atoms with Crippen molar-refractivity contribution < 1.29 is 14.3 Å². The van der Waals surface area contributed by atoms with Crippen LogP contribution in [-0.2, 0) is 16.1 Å². The van der Waals surface area contributed by atoms with Gasteiger partial charge in [0.15, 0.2) is 5.82 Å². The molecule has 1 aliphatic heterocycles. The van der Waals surface area contributed by atoms with Crippen molar-refractivity contribution in [3.8, 4) is 17.1 Å². The molecule has 2 aromatic carbocycles. The number of aromatic nitrogens is 4. The van der Waals surface area contributed by atoms with Crippen LogP contribution in [-0.4, -0.2) is 44.1 Å². The van der Waals surface area contributed by atoms with Gasteiger partial charge in [-0.15, -0.1) is 10.2 Å². The zero-order valence-corrected chi connectivity index (χ0v) is 15.4. The van der Waals surface area contributed by atoms with Crippen LogP contribution in [0.15, 0.2) is 59.7 Å². The van der Waals surface area contributed by atoms with Gasteiger partial charge in [-0.05, 0) is 34.7 Å². The van der Waals surface area contributed by atoms with Gasteiger partial charge in [0.1, 0.15) is 12.3 Å². The summed E-state index contributed by atoms with van der Waals surface area (Å²) in [6.45, 7) is 1.65. The Kier molecular flexibility index (Phi) is 4.71. The Balaban J connectivity index is 1.57. The Labute approximate surface area is 161 Å². The summed E-state index contributed by atoms with van der Waals surface area (Å²) in [4.78, 5) is 12.1. The number of tetrazole rings is 1. The van der Waals surface area contributed by atoms with Gasteiger partial charge in [0.05, 0.1) is 7.11 Å². The normalized spacial score (nSPS) is 15.9. The molecule has 3 aromatic rings. The topological polar surface area (TPSA) is 94.7 Å². The van der Waals surface area contributed by atoms with Gasteiger partial charge in [-0.2, -0.15) is 5.01 Å². The van der Waals surface area contributed by atoms with Gasteiger partial charge >= 0.3 is 0 Å². The largest absolute Gasteiger partial charge is 0.497 e. The first-order valence-electron chi connectivity index (χ1n) is 8.65. The van der Waals surface area contributed by atoms with Crippen molar-refractivity contribution in [3.63, 3.8) is 0 Å². The number of rotatable bonds is 5. The van der Waals surface area contributed by atoms with Crippen molar-refractivity contribution in [2.45, 2.75) is 19.7 Å². The van der Waals surface area contributed by atoms with Gasteiger partial charge in [0.25, 0.3) is 0 Å². The van der Waals surface area contributed by atoms with Crippen LogP contribution in [0, 0.1) is 0 Å². The maximum absolute atomic E-state index is 12.1. The molecule has 9 nitrogen and oxygen atoms in total. The number of methoxy groups -OCH3 is 1. The number of hydrogen-bond donors (Lipinski definition) is 0. The van der Waals surface area contributed by atoms with Crippen LogP contribution < -0.4 is 4.74 Å². The van der Waals surface area contributed by atoms with Crippen LogP contribution in [0.2, 0.25) is 0 Å². The van der Waals surface area contributed by atoms with Crippen LogP contribution >= 0.6 is 0 Å². The third-order valence-corrected chi connectivity index (χ3v) is 4.26. The molecule has 1 unspecified atom stereocenters. The van der Waals surface area contributed by atoms with Crippen molar-refractivity contribution in [2.24, 2.45) is 5.10 Å². The smallest absolute Gasteiger partial charge is 0.243 e. The summed E-state index contributed by atoms with van der Waals surface area (Å²) < 4.78 is 12.7. The lowest BCUT2D eigenvalue weighted by atomic mass is 10.2. The molecule has 2 heterocycles. The standard InChI is InChI=1S/C19H18N6O3/c1-13(26)25-19(15-8-10-16(27-2)11-9-15)28-17(21-25)12-24-18(20-22-23-24)14-6-4-3-5-7-14/h3-11,19H,12H2,1-2H3. The minimum Gasteiger partial charge on any atom is -0.497 e. The quantitative estimate of drug-likeness (QED) is 0.676. The van der Waals surface area contributed by atoms with Crippen molar-refractivity contribution >= 4 is 11.8 Å². The molecule has 0 fully saturated rings. The molecule has 1 amide bonds. The van der Waals surface area contributed by atoms with E-state index in [9.17, 15) is 4.79 Å². The first-order chi connectivity index (χ1) is 13.7. The second-order valence-electron chi connectivity index (χ2n) is 6.13. The number of nitrogens with zero attached hydrogens (tertiary/aromatic N) is 6. The molecular formula is C19H18N6O3. The summed E-state index contributed by atoms with van der Waals surface area (Å²) in [5, 5.41) is 17.5. The maximum Gasteiger partial charge on any atom is 0.243 e. The zero-order chi connectivity index (χ0) is 19.5. The van der Waals surface area contributed by atoms with E-state index in [1.54, 1.807) is 11.8 Å². The Morgan fingerprint density at radius 3 is 2.57 bits per heavy atom. The van der Waals surface area contributed by atoms with Crippen LogP contribution in [0.3, 0.4) is 0 Å². The molecule has 1 aromatic heterocycles. The van der Waals surface area contributed by atoms with E-state index in [4.69, 9.17) is 9.47 Å². The predicted octanol–water partition coefficient (Wildman–Crippen LogP) is 2.24. The Hall–Kier alpha value is -3.75. The zero-order valence-electron chi connectivity index (χ0n) is 15.4. The van der Waals surface area contributed by atoms with Crippen LogP contribution in [0.25, 0.3) is 11.4 Å². The summed E-state index contributed by atoms with van der Waals surface area (Å²) in [7, 11) is 1.60. The SMILES string of the molecule is COc1ccc(C2OC(Cn3nnnc3-c3ccccc3)=NN2C(C)=O)cc1.